The number of amides is 1. The largest absolute Gasteiger partial charge is 0.355 e. The van der Waals surface area contributed by atoms with Gasteiger partial charge in [0.05, 0.1) is 11.3 Å². The van der Waals surface area contributed by atoms with Gasteiger partial charge in [-0.2, -0.15) is 8.78 Å². The van der Waals surface area contributed by atoms with Gasteiger partial charge in [-0.15, -0.1) is 0 Å². The van der Waals surface area contributed by atoms with Crippen LogP contribution >= 0.6 is 11.8 Å². The average Bonchev–Trinajstić information content (AvgIpc) is 2.65. The smallest absolute Gasteiger partial charge is 0.288 e. The van der Waals surface area contributed by atoms with Crippen LogP contribution in [-0.2, 0) is 0 Å². The first-order chi connectivity index (χ1) is 13.0. The van der Waals surface area contributed by atoms with Crippen molar-refractivity contribution in [2.75, 3.05) is 10.6 Å². The van der Waals surface area contributed by atoms with E-state index >= 15 is 0 Å². The fraction of sp³-hybridized carbons (Fsp3) is 0.0952. The summed E-state index contributed by atoms with van der Waals surface area (Å²) in [7, 11) is 0. The van der Waals surface area contributed by atoms with E-state index in [1.807, 2.05) is 43.3 Å². The quantitative estimate of drug-likeness (QED) is 0.490. The second-order valence-corrected chi connectivity index (χ2v) is 6.91. The Morgan fingerprint density at radius 2 is 1.52 bits per heavy atom. The SMILES string of the molecule is Cc1ccccc1Nc1ccccc1C(=O)Nc1ccc(SC(F)F)cc1. The number of hydrogen-bond acceptors (Lipinski definition) is 3. The first kappa shape index (κ1) is 18.9. The molecule has 0 unspecified atom stereocenters. The Labute approximate surface area is 160 Å². The molecule has 0 saturated carbocycles. The number of nitrogens with one attached hydrogen (secondary N) is 2. The van der Waals surface area contributed by atoms with Crippen LogP contribution in [0, 0.1) is 6.92 Å². The maximum atomic E-state index is 12.7. The molecule has 6 heteroatoms. The van der Waals surface area contributed by atoms with E-state index in [1.54, 1.807) is 36.4 Å². The van der Waals surface area contributed by atoms with Gasteiger partial charge in [-0.05, 0) is 55.0 Å². The molecule has 0 radical (unpaired) electrons. The molecule has 0 aliphatic rings. The van der Waals surface area contributed by atoms with Gasteiger partial charge in [-0.25, -0.2) is 0 Å². The summed E-state index contributed by atoms with van der Waals surface area (Å²) in [6.45, 7) is 1.99. The molecule has 0 aliphatic heterocycles. The van der Waals surface area contributed by atoms with E-state index in [0.717, 1.165) is 11.3 Å². The Hall–Kier alpha value is -2.86. The van der Waals surface area contributed by atoms with Crippen molar-refractivity contribution in [1.82, 2.24) is 0 Å². The molecule has 3 nitrogen and oxygen atoms in total. The van der Waals surface area contributed by atoms with Gasteiger partial charge >= 0.3 is 0 Å². The molecule has 0 heterocycles. The Balaban J connectivity index is 1.76. The predicted octanol–water partition coefficient (Wildman–Crippen LogP) is 6.31. The van der Waals surface area contributed by atoms with E-state index in [1.165, 1.54) is 0 Å². The highest BCUT2D eigenvalue weighted by atomic mass is 32.2. The number of alkyl halides is 2. The zero-order valence-electron chi connectivity index (χ0n) is 14.6. The number of halogens is 2. The highest BCUT2D eigenvalue weighted by Crippen LogP contribution is 2.27. The van der Waals surface area contributed by atoms with Gasteiger partial charge in [0.1, 0.15) is 0 Å². The predicted molar refractivity (Wildman–Crippen MR) is 107 cm³/mol. The molecule has 1 amide bonds. The summed E-state index contributed by atoms with van der Waals surface area (Å²) >= 11 is 0.471. The molecular weight excluding hydrogens is 366 g/mol. The van der Waals surface area contributed by atoms with Gasteiger partial charge in [0.25, 0.3) is 11.7 Å². The molecule has 3 aromatic carbocycles. The van der Waals surface area contributed by atoms with E-state index in [-0.39, 0.29) is 5.91 Å². The van der Waals surface area contributed by atoms with E-state index in [0.29, 0.717) is 33.6 Å². The Morgan fingerprint density at radius 3 is 2.19 bits per heavy atom. The van der Waals surface area contributed by atoms with Crippen LogP contribution in [0.25, 0.3) is 0 Å². The highest BCUT2D eigenvalue weighted by Gasteiger charge is 2.12. The van der Waals surface area contributed by atoms with E-state index < -0.39 is 5.76 Å². The summed E-state index contributed by atoms with van der Waals surface area (Å²) in [6, 6.07) is 21.4. The van der Waals surface area contributed by atoms with Crippen molar-refractivity contribution in [2.24, 2.45) is 0 Å². The standard InChI is InChI=1S/C21H18F2N2OS/c1-14-6-2-4-8-18(14)25-19-9-5-3-7-17(19)20(26)24-15-10-12-16(13-11-15)27-21(22)23/h2-13,21,25H,1H3,(H,24,26). The maximum Gasteiger partial charge on any atom is 0.288 e. The van der Waals surface area contributed by atoms with Crippen molar-refractivity contribution in [2.45, 2.75) is 17.6 Å². The summed E-state index contributed by atoms with van der Waals surface area (Å²) in [5.74, 6) is -2.74. The number of hydrogen-bond donors (Lipinski definition) is 2. The number of para-hydroxylation sites is 2. The van der Waals surface area contributed by atoms with E-state index in [4.69, 9.17) is 0 Å². The second kappa shape index (κ2) is 8.68. The molecule has 0 aliphatic carbocycles. The van der Waals surface area contributed by atoms with Crippen LogP contribution in [-0.4, -0.2) is 11.7 Å². The molecule has 0 bridgehead atoms. The third-order valence-corrected chi connectivity index (χ3v) is 4.65. The van der Waals surface area contributed by atoms with Gasteiger partial charge in [0.15, 0.2) is 0 Å². The van der Waals surface area contributed by atoms with Crippen molar-refractivity contribution in [3.63, 3.8) is 0 Å². The topological polar surface area (TPSA) is 41.1 Å². The number of thioether (sulfide) groups is 1. The summed E-state index contributed by atoms with van der Waals surface area (Å²) < 4.78 is 24.8. The third-order valence-electron chi connectivity index (χ3n) is 3.92. The van der Waals surface area contributed by atoms with Crippen LogP contribution in [0.5, 0.6) is 0 Å². The molecular formula is C21H18F2N2OS. The lowest BCUT2D eigenvalue weighted by Crippen LogP contribution is -2.14. The van der Waals surface area contributed by atoms with Crippen molar-refractivity contribution < 1.29 is 13.6 Å². The highest BCUT2D eigenvalue weighted by molar-refractivity contribution is 7.99. The Bertz CT molecular complexity index is 929. The summed E-state index contributed by atoms with van der Waals surface area (Å²) in [4.78, 5) is 13.1. The molecule has 0 fully saturated rings. The van der Waals surface area contributed by atoms with Crippen LogP contribution in [0.15, 0.2) is 77.7 Å². The molecule has 0 aromatic heterocycles. The van der Waals surface area contributed by atoms with Crippen molar-refractivity contribution in [3.8, 4) is 0 Å². The molecule has 0 saturated heterocycles. The van der Waals surface area contributed by atoms with Gasteiger partial charge in [0, 0.05) is 16.3 Å². The van der Waals surface area contributed by atoms with Crippen LogP contribution in [0.4, 0.5) is 25.8 Å². The van der Waals surface area contributed by atoms with Crippen LogP contribution in [0.3, 0.4) is 0 Å². The van der Waals surface area contributed by atoms with Crippen molar-refractivity contribution in [3.05, 3.63) is 83.9 Å². The lowest BCUT2D eigenvalue weighted by Gasteiger charge is -2.14. The first-order valence-electron chi connectivity index (χ1n) is 8.31. The first-order valence-corrected chi connectivity index (χ1v) is 9.19. The third kappa shape index (κ3) is 5.08. The van der Waals surface area contributed by atoms with Crippen LogP contribution < -0.4 is 10.6 Å². The number of benzene rings is 3. The molecule has 27 heavy (non-hydrogen) atoms. The molecule has 138 valence electrons. The lowest BCUT2D eigenvalue weighted by molar-refractivity contribution is 0.102. The fourth-order valence-corrected chi connectivity index (χ4v) is 3.07. The van der Waals surface area contributed by atoms with Crippen LogP contribution in [0.2, 0.25) is 0 Å². The van der Waals surface area contributed by atoms with Gasteiger partial charge < -0.3 is 10.6 Å². The van der Waals surface area contributed by atoms with Crippen LogP contribution in [0.1, 0.15) is 15.9 Å². The second-order valence-electron chi connectivity index (χ2n) is 5.84. The summed E-state index contributed by atoms with van der Waals surface area (Å²) in [5.41, 5.74) is 3.72. The molecule has 0 atom stereocenters. The van der Waals surface area contributed by atoms with Crippen molar-refractivity contribution >= 4 is 34.7 Å². The summed E-state index contributed by atoms with van der Waals surface area (Å²) in [5, 5.41) is 6.09. The van der Waals surface area contributed by atoms with Gasteiger partial charge in [-0.1, -0.05) is 42.1 Å². The number of rotatable bonds is 6. The molecule has 0 spiro atoms. The Kier molecular flexibility index (Phi) is 6.08. The zero-order chi connectivity index (χ0) is 19.2. The minimum absolute atomic E-state index is 0.277. The van der Waals surface area contributed by atoms with Gasteiger partial charge in [-0.3, -0.25) is 4.79 Å². The number of anilines is 3. The average molecular weight is 384 g/mol. The molecule has 2 N–H and O–H groups in total. The summed E-state index contributed by atoms with van der Waals surface area (Å²) in [6.07, 6.45) is 0. The van der Waals surface area contributed by atoms with E-state index in [9.17, 15) is 13.6 Å². The molecule has 3 rings (SSSR count). The zero-order valence-corrected chi connectivity index (χ0v) is 15.4. The maximum absolute atomic E-state index is 12.7. The minimum Gasteiger partial charge on any atom is -0.355 e. The van der Waals surface area contributed by atoms with E-state index in [2.05, 4.69) is 10.6 Å². The van der Waals surface area contributed by atoms with Gasteiger partial charge in [0.2, 0.25) is 0 Å². The monoisotopic (exact) mass is 384 g/mol. The normalized spacial score (nSPS) is 10.7. The molecule has 3 aromatic rings. The number of carbonyl (C=O) groups excluding carboxylic acids is 1. The van der Waals surface area contributed by atoms with Crippen molar-refractivity contribution in [1.29, 1.82) is 0 Å². The Morgan fingerprint density at radius 1 is 0.889 bits per heavy atom. The number of carbonyl (C=O) groups is 1. The fourth-order valence-electron chi connectivity index (χ4n) is 2.57. The number of aryl methyl sites for hydroxylation is 1. The minimum atomic E-state index is -2.47. The lowest BCUT2D eigenvalue weighted by atomic mass is 10.1.